The molecule has 0 amide bonds. The Hall–Kier alpha value is -0.700. The fourth-order valence-electron chi connectivity index (χ4n) is 0.531. The maximum atomic E-state index is 12.6. The molecule has 0 N–H and O–H groups in total. The predicted octanol–water partition coefficient (Wildman–Crippen LogP) is 2.32. The maximum Gasteiger partial charge on any atom is 0.165 e. The summed E-state index contributed by atoms with van der Waals surface area (Å²) in [7, 11) is 0. The van der Waals surface area contributed by atoms with E-state index >= 15 is 0 Å². The second-order valence-electron chi connectivity index (χ2n) is 1.82. The van der Waals surface area contributed by atoms with Crippen LogP contribution < -0.4 is 0 Å². The summed E-state index contributed by atoms with van der Waals surface area (Å²) in [5.41, 5.74) is 0.103. The smallest absolute Gasteiger partial charge is 0.165 e. The van der Waals surface area contributed by atoms with Crippen LogP contribution in [0, 0.1) is 18.6 Å². The van der Waals surface area contributed by atoms with Gasteiger partial charge in [-0.2, -0.15) is 0 Å². The zero-order valence-corrected chi connectivity index (χ0v) is 5.91. The summed E-state index contributed by atoms with van der Waals surface area (Å²) in [5, 5.41) is -0.493. The van der Waals surface area contributed by atoms with E-state index in [9.17, 15) is 8.78 Å². The molecule has 0 fully saturated rings. The number of halogens is 3. The Balaban J connectivity index is 3.34. The third-order valence-electron chi connectivity index (χ3n) is 1.09. The summed E-state index contributed by atoms with van der Waals surface area (Å²) in [6, 6.07) is 0. The van der Waals surface area contributed by atoms with Gasteiger partial charge in [0.15, 0.2) is 11.6 Å². The lowest BCUT2D eigenvalue weighted by Gasteiger charge is -1.96. The Kier molecular flexibility index (Phi) is 1.85. The Bertz CT molecular complexity index is 235. The van der Waals surface area contributed by atoms with E-state index in [2.05, 4.69) is 4.98 Å². The number of aromatic nitrogens is 1. The van der Waals surface area contributed by atoms with Gasteiger partial charge in [-0.3, -0.25) is 4.98 Å². The highest BCUT2D eigenvalue weighted by atomic mass is 35.5. The van der Waals surface area contributed by atoms with Crippen LogP contribution >= 0.6 is 11.6 Å². The van der Waals surface area contributed by atoms with Crippen LogP contribution in [0.1, 0.15) is 5.69 Å². The zero-order chi connectivity index (χ0) is 7.72. The van der Waals surface area contributed by atoms with Crippen molar-refractivity contribution < 1.29 is 8.78 Å². The van der Waals surface area contributed by atoms with Crippen molar-refractivity contribution in [3.8, 4) is 0 Å². The summed E-state index contributed by atoms with van der Waals surface area (Å²) in [6.07, 6.45) is 0.890. The highest BCUT2D eigenvalue weighted by Gasteiger charge is 2.08. The van der Waals surface area contributed by atoms with Gasteiger partial charge in [0.25, 0.3) is 0 Å². The molecule has 54 valence electrons. The molecule has 0 aliphatic carbocycles. The van der Waals surface area contributed by atoms with Gasteiger partial charge in [0.2, 0.25) is 0 Å². The van der Waals surface area contributed by atoms with Crippen molar-refractivity contribution in [3.05, 3.63) is 28.5 Å². The van der Waals surface area contributed by atoms with E-state index in [0.717, 1.165) is 6.20 Å². The Morgan fingerprint density at radius 3 is 2.60 bits per heavy atom. The third kappa shape index (κ3) is 1.09. The monoisotopic (exact) mass is 163 g/mol. The quantitative estimate of drug-likeness (QED) is 0.572. The van der Waals surface area contributed by atoms with Crippen molar-refractivity contribution in [2.75, 3.05) is 0 Å². The van der Waals surface area contributed by atoms with Gasteiger partial charge < -0.3 is 0 Å². The van der Waals surface area contributed by atoms with Crippen molar-refractivity contribution in [1.82, 2.24) is 4.98 Å². The number of hydrogen-bond acceptors (Lipinski definition) is 1. The highest BCUT2D eigenvalue weighted by Crippen LogP contribution is 2.18. The van der Waals surface area contributed by atoms with E-state index in [4.69, 9.17) is 11.6 Å². The van der Waals surface area contributed by atoms with Crippen LogP contribution in [0.15, 0.2) is 6.20 Å². The van der Waals surface area contributed by atoms with Gasteiger partial charge in [-0.25, -0.2) is 8.78 Å². The number of hydrogen-bond donors (Lipinski definition) is 0. The Labute approximate surface area is 61.7 Å². The van der Waals surface area contributed by atoms with E-state index in [0.29, 0.717) is 0 Å². The summed E-state index contributed by atoms with van der Waals surface area (Å²) < 4.78 is 24.9. The average molecular weight is 164 g/mol. The minimum atomic E-state index is -0.829. The SMILES string of the molecule is Cc1ncc(F)c(Cl)c1F. The van der Waals surface area contributed by atoms with Gasteiger partial charge in [0, 0.05) is 0 Å². The average Bonchev–Trinajstić information content (AvgIpc) is 1.93. The minimum Gasteiger partial charge on any atom is -0.255 e. The molecule has 1 heterocycles. The third-order valence-corrected chi connectivity index (χ3v) is 1.44. The Morgan fingerprint density at radius 1 is 1.50 bits per heavy atom. The van der Waals surface area contributed by atoms with Gasteiger partial charge in [0.05, 0.1) is 11.9 Å². The molecule has 0 radical (unpaired) electrons. The van der Waals surface area contributed by atoms with Gasteiger partial charge in [-0.15, -0.1) is 0 Å². The van der Waals surface area contributed by atoms with Crippen molar-refractivity contribution in [2.24, 2.45) is 0 Å². The van der Waals surface area contributed by atoms with E-state index in [1.54, 1.807) is 0 Å². The van der Waals surface area contributed by atoms with Crippen LogP contribution in [0.25, 0.3) is 0 Å². The second-order valence-corrected chi connectivity index (χ2v) is 2.20. The van der Waals surface area contributed by atoms with Gasteiger partial charge in [0.1, 0.15) is 5.02 Å². The van der Waals surface area contributed by atoms with Crippen molar-refractivity contribution in [2.45, 2.75) is 6.92 Å². The number of pyridine rings is 1. The molecular weight excluding hydrogens is 160 g/mol. The first kappa shape index (κ1) is 7.41. The molecule has 0 unspecified atom stereocenters. The molecule has 0 aliphatic heterocycles. The van der Waals surface area contributed by atoms with Gasteiger partial charge in [-0.05, 0) is 6.92 Å². The van der Waals surface area contributed by atoms with E-state index in [1.807, 2.05) is 0 Å². The number of nitrogens with zero attached hydrogens (tertiary/aromatic N) is 1. The molecule has 4 heteroatoms. The zero-order valence-electron chi connectivity index (χ0n) is 5.16. The molecular formula is C6H4ClF2N. The molecule has 10 heavy (non-hydrogen) atoms. The normalized spacial score (nSPS) is 10.0. The van der Waals surface area contributed by atoms with Crippen LogP contribution in [0.4, 0.5) is 8.78 Å². The molecule has 1 nitrogen and oxygen atoms in total. The largest absolute Gasteiger partial charge is 0.255 e. The molecule has 1 aromatic heterocycles. The summed E-state index contributed by atoms with van der Waals surface area (Å²) in [5.74, 6) is -1.62. The lowest BCUT2D eigenvalue weighted by Crippen LogP contribution is -1.91. The van der Waals surface area contributed by atoms with Crippen molar-refractivity contribution >= 4 is 11.6 Å². The van der Waals surface area contributed by atoms with E-state index in [1.165, 1.54) is 6.92 Å². The Morgan fingerprint density at radius 2 is 2.10 bits per heavy atom. The fourth-order valence-corrected chi connectivity index (χ4v) is 0.716. The maximum absolute atomic E-state index is 12.6. The highest BCUT2D eigenvalue weighted by molar-refractivity contribution is 6.30. The van der Waals surface area contributed by atoms with E-state index in [-0.39, 0.29) is 5.69 Å². The lowest BCUT2D eigenvalue weighted by atomic mass is 10.3. The summed E-state index contributed by atoms with van der Waals surface area (Å²) >= 11 is 5.19. The topological polar surface area (TPSA) is 12.9 Å². The van der Waals surface area contributed by atoms with E-state index < -0.39 is 16.7 Å². The van der Waals surface area contributed by atoms with Crippen molar-refractivity contribution in [3.63, 3.8) is 0 Å². The first-order valence-electron chi connectivity index (χ1n) is 2.59. The molecule has 0 bridgehead atoms. The standard InChI is InChI=1S/C6H4ClF2N/c1-3-6(9)5(7)4(8)2-10-3/h2H,1H3. The van der Waals surface area contributed by atoms with Crippen LogP contribution in [0.2, 0.25) is 5.02 Å². The molecule has 0 aromatic carbocycles. The fraction of sp³-hybridized carbons (Fsp3) is 0.167. The van der Waals surface area contributed by atoms with Crippen LogP contribution in [-0.2, 0) is 0 Å². The minimum absolute atomic E-state index is 0.103. The summed E-state index contributed by atoms with van der Waals surface area (Å²) in [6.45, 7) is 1.42. The van der Waals surface area contributed by atoms with Gasteiger partial charge >= 0.3 is 0 Å². The molecule has 0 aliphatic rings. The van der Waals surface area contributed by atoms with Gasteiger partial charge in [-0.1, -0.05) is 11.6 Å². The van der Waals surface area contributed by atoms with Crippen molar-refractivity contribution in [1.29, 1.82) is 0 Å². The van der Waals surface area contributed by atoms with Crippen LogP contribution in [0.5, 0.6) is 0 Å². The molecule has 0 saturated heterocycles. The first-order chi connectivity index (χ1) is 4.63. The van der Waals surface area contributed by atoms with Crippen LogP contribution in [0.3, 0.4) is 0 Å². The first-order valence-corrected chi connectivity index (χ1v) is 2.97. The van der Waals surface area contributed by atoms with Crippen LogP contribution in [-0.4, -0.2) is 4.98 Å². The predicted molar refractivity (Wildman–Crippen MR) is 33.9 cm³/mol. The molecule has 0 saturated carbocycles. The molecule has 0 spiro atoms. The second kappa shape index (κ2) is 2.50. The number of rotatable bonds is 0. The summed E-state index contributed by atoms with van der Waals surface area (Å²) in [4.78, 5) is 3.40. The lowest BCUT2D eigenvalue weighted by molar-refractivity contribution is 0.566. The molecule has 1 rings (SSSR count). The molecule has 0 atom stereocenters. The molecule has 1 aromatic rings. The number of aryl methyl sites for hydroxylation is 1.